The number of hydrogen-bond donors (Lipinski definition) is 1. The molecule has 94 valence electrons. The molecule has 0 aromatic heterocycles. The summed E-state index contributed by atoms with van der Waals surface area (Å²) in [5, 5.41) is 4.46. The van der Waals surface area contributed by atoms with Crippen LogP contribution in [0.1, 0.15) is 50.6 Å². The van der Waals surface area contributed by atoms with Crippen LogP contribution in [0.5, 0.6) is 0 Å². The van der Waals surface area contributed by atoms with E-state index in [1.165, 1.54) is 37.7 Å². The quantitative estimate of drug-likeness (QED) is 0.827. The lowest BCUT2D eigenvalue weighted by Gasteiger charge is -2.24. The maximum atomic E-state index is 5.89. The van der Waals surface area contributed by atoms with Gasteiger partial charge in [0.1, 0.15) is 0 Å². The van der Waals surface area contributed by atoms with Crippen LogP contribution in [0.15, 0.2) is 24.3 Å². The highest BCUT2D eigenvalue weighted by Crippen LogP contribution is 2.24. The standard InChI is InChI=1S/C15H22ClN/c1-12(14-7-9-15(16)10-8-14)17-11-13-5-3-2-4-6-13/h7-10,12-13,17H,2-6,11H2,1H3/t12-/m0/s1. The van der Waals surface area contributed by atoms with Gasteiger partial charge < -0.3 is 5.32 Å². The van der Waals surface area contributed by atoms with Gasteiger partial charge in [-0.2, -0.15) is 0 Å². The van der Waals surface area contributed by atoms with E-state index in [9.17, 15) is 0 Å². The Kier molecular flexibility index (Phi) is 4.87. The van der Waals surface area contributed by atoms with Gasteiger partial charge in [-0.3, -0.25) is 0 Å². The molecular formula is C15H22ClN. The van der Waals surface area contributed by atoms with Crippen LogP contribution in [0.2, 0.25) is 5.02 Å². The Balaban J connectivity index is 1.80. The van der Waals surface area contributed by atoms with E-state index in [1.54, 1.807) is 0 Å². The van der Waals surface area contributed by atoms with Crippen molar-refractivity contribution < 1.29 is 0 Å². The number of hydrogen-bond acceptors (Lipinski definition) is 1. The van der Waals surface area contributed by atoms with Crippen LogP contribution in [0.4, 0.5) is 0 Å². The highest BCUT2D eigenvalue weighted by Gasteiger charge is 2.14. The molecule has 0 aliphatic heterocycles. The van der Waals surface area contributed by atoms with Gasteiger partial charge in [0.15, 0.2) is 0 Å². The fraction of sp³-hybridized carbons (Fsp3) is 0.600. The minimum atomic E-state index is 0.425. The summed E-state index contributed by atoms with van der Waals surface area (Å²) in [5.41, 5.74) is 1.32. The van der Waals surface area contributed by atoms with Crippen molar-refractivity contribution in [2.45, 2.75) is 45.1 Å². The third-order valence-electron chi connectivity index (χ3n) is 3.81. The molecule has 0 saturated heterocycles. The molecule has 17 heavy (non-hydrogen) atoms. The third-order valence-corrected chi connectivity index (χ3v) is 4.06. The molecule has 0 amide bonds. The lowest BCUT2D eigenvalue weighted by Crippen LogP contribution is -2.27. The molecule has 0 bridgehead atoms. The van der Waals surface area contributed by atoms with Crippen LogP contribution >= 0.6 is 11.6 Å². The summed E-state index contributed by atoms with van der Waals surface area (Å²) in [6.45, 7) is 3.38. The van der Waals surface area contributed by atoms with Crippen molar-refractivity contribution in [2.75, 3.05) is 6.54 Å². The van der Waals surface area contributed by atoms with Gasteiger partial charge in [0.25, 0.3) is 0 Å². The predicted molar refractivity (Wildman–Crippen MR) is 74.4 cm³/mol. The van der Waals surface area contributed by atoms with E-state index in [1.807, 2.05) is 12.1 Å². The summed E-state index contributed by atoms with van der Waals surface area (Å²) in [6.07, 6.45) is 7.08. The smallest absolute Gasteiger partial charge is 0.0406 e. The minimum absolute atomic E-state index is 0.425. The van der Waals surface area contributed by atoms with Crippen molar-refractivity contribution in [3.63, 3.8) is 0 Å². The molecule has 1 aromatic carbocycles. The van der Waals surface area contributed by atoms with Crippen molar-refractivity contribution in [3.8, 4) is 0 Å². The minimum Gasteiger partial charge on any atom is -0.310 e. The van der Waals surface area contributed by atoms with Crippen molar-refractivity contribution in [3.05, 3.63) is 34.9 Å². The van der Waals surface area contributed by atoms with E-state index in [2.05, 4.69) is 24.4 Å². The Labute approximate surface area is 110 Å². The maximum Gasteiger partial charge on any atom is 0.0406 e. The van der Waals surface area contributed by atoms with Crippen molar-refractivity contribution in [1.29, 1.82) is 0 Å². The fourth-order valence-corrected chi connectivity index (χ4v) is 2.73. The van der Waals surface area contributed by atoms with Crippen molar-refractivity contribution in [2.24, 2.45) is 5.92 Å². The van der Waals surface area contributed by atoms with Gasteiger partial charge >= 0.3 is 0 Å². The molecular weight excluding hydrogens is 230 g/mol. The Morgan fingerprint density at radius 3 is 2.47 bits per heavy atom. The van der Waals surface area contributed by atoms with Gasteiger partial charge in [-0.1, -0.05) is 43.0 Å². The van der Waals surface area contributed by atoms with Crippen LogP contribution in [0, 0.1) is 5.92 Å². The molecule has 1 nitrogen and oxygen atoms in total. The van der Waals surface area contributed by atoms with Crippen molar-refractivity contribution >= 4 is 11.6 Å². The third kappa shape index (κ3) is 4.01. The van der Waals surface area contributed by atoms with Gasteiger partial charge in [-0.15, -0.1) is 0 Å². The van der Waals surface area contributed by atoms with Crippen LogP contribution in [-0.4, -0.2) is 6.54 Å². The largest absolute Gasteiger partial charge is 0.310 e. The van der Waals surface area contributed by atoms with Crippen LogP contribution in [-0.2, 0) is 0 Å². The Hall–Kier alpha value is -0.530. The summed E-state index contributed by atoms with van der Waals surface area (Å²) >= 11 is 5.89. The fourth-order valence-electron chi connectivity index (χ4n) is 2.60. The SMILES string of the molecule is C[C@H](NCC1CCCCC1)c1ccc(Cl)cc1. The van der Waals surface area contributed by atoms with E-state index >= 15 is 0 Å². The number of rotatable bonds is 4. The monoisotopic (exact) mass is 251 g/mol. The lowest BCUT2D eigenvalue weighted by molar-refractivity contribution is 0.331. The average molecular weight is 252 g/mol. The highest BCUT2D eigenvalue weighted by atomic mass is 35.5. The van der Waals surface area contributed by atoms with E-state index in [0.29, 0.717) is 6.04 Å². The lowest BCUT2D eigenvalue weighted by atomic mass is 9.89. The highest BCUT2D eigenvalue weighted by molar-refractivity contribution is 6.30. The number of nitrogens with one attached hydrogen (secondary N) is 1. The van der Waals surface area contributed by atoms with Gasteiger partial charge in [0, 0.05) is 11.1 Å². The molecule has 0 unspecified atom stereocenters. The van der Waals surface area contributed by atoms with Crippen LogP contribution in [0.25, 0.3) is 0 Å². The Bertz CT molecular complexity index is 327. The van der Waals surface area contributed by atoms with Crippen molar-refractivity contribution in [1.82, 2.24) is 5.32 Å². The second-order valence-corrected chi connectivity index (χ2v) is 5.62. The molecule has 0 heterocycles. The molecule has 1 aromatic rings. The van der Waals surface area contributed by atoms with Gasteiger partial charge in [0.2, 0.25) is 0 Å². The van der Waals surface area contributed by atoms with Gasteiger partial charge in [0.05, 0.1) is 0 Å². The summed E-state index contributed by atoms with van der Waals surface area (Å²) < 4.78 is 0. The predicted octanol–water partition coefficient (Wildman–Crippen LogP) is 4.57. The summed E-state index contributed by atoms with van der Waals surface area (Å²) in [7, 11) is 0. The molecule has 0 radical (unpaired) electrons. The summed E-state index contributed by atoms with van der Waals surface area (Å²) in [4.78, 5) is 0. The molecule has 1 aliphatic carbocycles. The topological polar surface area (TPSA) is 12.0 Å². The molecule has 1 atom stereocenters. The van der Waals surface area contributed by atoms with E-state index in [4.69, 9.17) is 11.6 Å². The summed E-state index contributed by atoms with van der Waals surface area (Å²) in [6, 6.07) is 8.58. The molecule has 2 rings (SSSR count). The first kappa shape index (κ1) is 12.9. The second kappa shape index (κ2) is 6.42. The zero-order valence-electron chi connectivity index (χ0n) is 10.6. The zero-order chi connectivity index (χ0) is 12.1. The number of halogens is 1. The normalized spacial score (nSPS) is 19.2. The van der Waals surface area contributed by atoms with Crippen LogP contribution < -0.4 is 5.32 Å². The second-order valence-electron chi connectivity index (χ2n) is 5.19. The van der Waals surface area contributed by atoms with Crippen LogP contribution in [0.3, 0.4) is 0 Å². The molecule has 1 saturated carbocycles. The first-order chi connectivity index (χ1) is 8.25. The van der Waals surface area contributed by atoms with Gasteiger partial charge in [-0.05, 0) is 49.9 Å². The molecule has 1 aliphatic rings. The number of benzene rings is 1. The van der Waals surface area contributed by atoms with E-state index in [-0.39, 0.29) is 0 Å². The first-order valence-electron chi connectivity index (χ1n) is 6.74. The molecule has 2 heteroatoms. The average Bonchev–Trinajstić information content (AvgIpc) is 2.38. The van der Waals surface area contributed by atoms with E-state index < -0.39 is 0 Å². The summed E-state index contributed by atoms with van der Waals surface area (Å²) in [5.74, 6) is 0.888. The van der Waals surface area contributed by atoms with E-state index in [0.717, 1.165) is 17.5 Å². The zero-order valence-corrected chi connectivity index (χ0v) is 11.3. The molecule has 1 N–H and O–H groups in total. The Morgan fingerprint density at radius 1 is 1.18 bits per heavy atom. The maximum absolute atomic E-state index is 5.89. The Morgan fingerprint density at radius 2 is 1.82 bits per heavy atom. The van der Waals surface area contributed by atoms with Gasteiger partial charge in [-0.25, -0.2) is 0 Å². The molecule has 0 spiro atoms. The first-order valence-corrected chi connectivity index (χ1v) is 7.12. The molecule has 1 fully saturated rings.